The van der Waals surface area contributed by atoms with Gasteiger partial charge in [0, 0.05) is 28.7 Å². The van der Waals surface area contributed by atoms with Crippen molar-refractivity contribution in [3.05, 3.63) is 65.2 Å². The first-order valence-corrected chi connectivity index (χ1v) is 30.0. The summed E-state index contributed by atoms with van der Waals surface area (Å²) in [5.41, 5.74) is -0.830. The Balaban J connectivity index is 1.22. The standard InChI is InChI=1S/C61H85F5O13S/c1-56(2,3)53(69)77-46-47(78-54(70)57(4,5)6)49(79-55(71)58(7,8)9)52(76-48(46)51(68)73-11)75-44-29-28-43-45-38(25-18-15-13-12-14-16-21-33-80(72)34-22-31-60(62,63)61(64,65)66)35-39-36-40(74-50(67)37-23-19-17-20-24-37)26-27-41(39)42(45)30-32-59(43,44)10/h17,19-20,23-24,26-27,36,38,42-49,52H,12-16,18,21-22,25,28-35H2,1-11H3/t38-,42-,43+,44+,45-,46+,47+,48+,49-,52-,59+,80?/m1/s1. The van der Waals surface area contributed by atoms with E-state index in [2.05, 4.69) is 13.0 Å². The number of methoxy groups -OCH3 is 1. The number of esters is 5. The molecule has 80 heavy (non-hydrogen) atoms. The Morgan fingerprint density at radius 2 is 1.25 bits per heavy atom. The van der Waals surface area contributed by atoms with Gasteiger partial charge in [-0.25, -0.2) is 9.59 Å². The largest absolute Gasteiger partial charge is 0.467 e. The Labute approximate surface area is 471 Å². The number of unbranched alkanes of at least 4 members (excludes halogenated alkanes) is 6. The lowest BCUT2D eigenvalue weighted by Gasteiger charge is -2.54. The van der Waals surface area contributed by atoms with Crippen molar-refractivity contribution >= 4 is 40.6 Å². The number of benzene rings is 2. The van der Waals surface area contributed by atoms with E-state index >= 15 is 0 Å². The molecule has 3 aliphatic carbocycles. The normalized spacial score (nSPS) is 27.4. The number of ether oxygens (including phenoxy) is 7. The molecular formula is C61H85F5O13S. The van der Waals surface area contributed by atoms with Gasteiger partial charge in [0.05, 0.1) is 35.0 Å². The Bertz CT molecular complexity index is 2480. The lowest BCUT2D eigenvalue weighted by molar-refractivity contribution is -0.320. The number of rotatable bonds is 22. The van der Waals surface area contributed by atoms with E-state index in [9.17, 15) is 50.1 Å². The first-order chi connectivity index (χ1) is 37.3. The summed E-state index contributed by atoms with van der Waals surface area (Å²) >= 11 is 0. The van der Waals surface area contributed by atoms with Gasteiger partial charge in [0.1, 0.15) is 5.75 Å². The van der Waals surface area contributed by atoms with Crippen LogP contribution in [-0.2, 0) is 64.8 Å². The molecule has 2 aromatic rings. The lowest BCUT2D eigenvalue weighted by atomic mass is 9.52. The van der Waals surface area contributed by atoms with Crippen LogP contribution in [0.4, 0.5) is 22.0 Å². The molecule has 0 radical (unpaired) electrons. The second-order valence-corrected chi connectivity index (χ2v) is 27.5. The van der Waals surface area contributed by atoms with Crippen LogP contribution in [0.3, 0.4) is 0 Å². The summed E-state index contributed by atoms with van der Waals surface area (Å²) in [7, 11) is -0.302. The number of hydrogen-bond donors (Lipinski definition) is 0. The third kappa shape index (κ3) is 16.0. The molecule has 19 heteroatoms. The van der Waals surface area contributed by atoms with Crippen molar-refractivity contribution in [2.45, 2.75) is 220 Å². The van der Waals surface area contributed by atoms with E-state index in [1.807, 2.05) is 18.2 Å². The molecule has 13 nitrogen and oxygen atoms in total. The zero-order valence-electron chi connectivity index (χ0n) is 48.5. The van der Waals surface area contributed by atoms with Crippen LogP contribution < -0.4 is 4.74 Å². The van der Waals surface area contributed by atoms with Gasteiger partial charge in [0.25, 0.3) is 0 Å². The first-order valence-electron chi connectivity index (χ1n) is 28.5. The maximum absolute atomic E-state index is 14.0. The van der Waals surface area contributed by atoms with E-state index in [0.29, 0.717) is 24.2 Å². The van der Waals surface area contributed by atoms with Gasteiger partial charge in [-0.3, -0.25) is 18.6 Å². The highest BCUT2D eigenvalue weighted by Gasteiger charge is 2.62. The third-order valence-electron chi connectivity index (χ3n) is 16.5. The highest BCUT2D eigenvalue weighted by Crippen LogP contribution is 2.64. The van der Waals surface area contributed by atoms with E-state index in [-0.39, 0.29) is 35.2 Å². The zero-order valence-corrected chi connectivity index (χ0v) is 49.3. The molecule has 0 amide bonds. The Kier molecular flexibility index (Phi) is 21.3. The van der Waals surface area contributed by atoms with Gasteiger partial charge in [-0.05, 0) is 178 Å². The molecular weight excluding hydrogens is 1070 g/mol. The van der Waals surface area contributed by atoms with Crippen LogP contribution in [0.1, 0.15) is 187 Å². The van der Waals surface area contributed by atoms with Crippen molar-refractivity contribution in [2.75, 3.05) is 18.6 Å². The van der Waals surface area contributed by atoms with Gasteiger partial charge in [0.2, 0.25) is 0 Å². The molecule has 0 aromatic heterocycles. The molecule has 3 fully saturated rings. The third-order valence-corrected chi connectivity index (χ3v) is 18.0. The topological polar surface area (TPSA) is 167 Å². The number of carbonyl (C=O) groups is 5. The number of alkyl halides is 5. The van der Waals surface area contributed by atoms with Crippen LogP contribution >= 0.6 is 0 Å². The highest BCUT2D eigenvalue weighted by atomic mass is 32.2. The average molecular weight is 1150 g/mol. The zero-order chi connectivity index (χ0) is 59.2. The molecule has 12 atom stereocenters. The van der Waals surface area contributed by atoms with Gasteiger partial charge in [0.15, 0.2) is 30.7 Å². The molecule has 1 heterocycles. The van der Waals surface area contributed by atoms with Crippen molar-refractivity contribution in [3.8, 4) is 5.75 Å². The Morgan fingerprint density at radius 3 is 1.84 bits per heavy atom. The summed E-state index contributed by atoms with van der Waals surface area (Å²) in [6.45, 7) is 17.1. The van der Waals surface area contributed by atoms with Crippen LogP contribution in [-0.4, -0.2) is 102 Å². The highest BCUT2D eigenvalue weighted by molar-refractivity contribution is 7.84. The van der Waals surface area contributed by atoms with Gasteiger partial charge in [-0.2, -0.15) is 22.0 Å². The molecule has 0 bridgehead atoms. The van der Waals surface area contributed by atoms with Crippen LogP contribution in [0.15, 0.2) is 48.5 Å². The minimum Gasteiger partial charge on any atom is -0.467 e. The predicted octanol–water partition coefficient (Wildman–Crippen LogP) is 13.0. The maximum Gasteiger partial charge on any atom is 0.453 e. The Morgan fingerprint density at radius 1 is 0.688 bits per heavy atom. The van der Waals surface area contributed by atoms with Gasteiger partial charge >= 0.3 is 41.9 Å². The minimum absolute atomic E-state index is 0.150. The van der Waals surface area contributed by atoms with Crippen molar-refractivity contribution in [2.24, 2.45) is 39.4 Å². The van der Waals surface area contributed by atoms with E-state index in [1.54, 1.807) is 86.6 Å². The van der Waals surface area contributed by atoms with E-state index in [0.717, 1.165) is 83.3 Å². The molecule has 4 aliphatic rings. The molecule has 1 saturated heterocycles. The van der Waals surface area contributed by atoms with Crippen molar-refractivity contribution < 1.29 is 83.3 Å². The van der Waals surface area contributed by atoms with Gasteiger partial charge < -0.3 is 33.2 Å². The van der Waals surface area contributed by atoms with Gasteiger partial charge in [-0.1, -0.05) is 69.7 Å². The number of carbonyl (C=O) groups excluding carboxylic acids is 5. The lowest BCUT2D eigenvalue weighted by Crippen LogP contribution is -2.65. The number of halogens is 5. The number of fused-ring (bicyclic) bond motifs is 5. The van der Waals surface area contributed by atoms with Crippen molar-refractivity contribution in [1.82, 2.24) is 0 Å². The van der Waals surface area contributed by atoms with E-state index < -0.39 is 124 Å². The fourth-order valence-corrected chi connectivity index (χ4v) is 13.2. The smallest absolute Gasteiger partial charge is 0.453 e. The average Bonchev–Trinajstić information content (AvgIpc) is 3.71. The van der Waals surface area contributed by atoms with E-state index in [4.69, 9.17) is 33.2 Å². The molecule has 1 unspecified atom stereocenters. The molecule has 448 valence electrons. The maximum atomic E-state index is 14.0. The summed E-state index contributed by atoms with van der Waals surface area (Å²) in [6, 6.07) is 14.8. The SMILES string of the molecule is COC(=O)[C@H]1O[C@@H](O[C@H]2CC[C@H]3[C@@H]4[C@H](CCCCCCCCCS(=O)CCCC(F)(F)C(F)(F)F)Cc5cc(OC(=O)c6ccccc6)ccc5[C@H]4CC[C@]23C)[C@H](OC(=O)C(C)(C)C)[C@@H](OC(=O)C(C)(C)C)[C@@H]1OC(=O)C(C)(C)C. The quantitative estimate of drug-likeness (QED) is 0.0359. The second-order valence-electron chi connectivity index (χ2n) is 25.8. The van der Waals surface area contributed by atoms with Crippen LogP contribution in [0, 0.1) is 39.4 Å². The van der Waals surface area contributed by atoms with Crippen molar-refractivity contribution in [1.29, 1.82) is 0 Å². The minimum atomic E-state index is -5.61. The second kappa shape index (κ2) is 26.4. The molecule has 6 rings (SSSR count). The van der Waals surface area contributed by atoms with E-state index in [1.165, 1.54) is 5.56 Å². The van der Waals surface area contributed by atoms with Crippen LogP contribution in [0.25, 0.3) is 0 Å². The molecule has 2 aromatic carbocycles. The molecule has 1 aliphatic heterocycles. The summed E-state index contributed by atoms with van der Waals surface area (Å²) < 4.78 is 120. The first kappa shape index (κ1) is 64.7. The predicted molar refractivity (Wildman–Crippen MR) is 290 cm³/mol. The van der Waals surface area contributed by atoms with Crippen LogP contribution in [0.2, 0.25) is 0 Å². The summed E-state index contributed by atoms with van der Waals surface area (Å²) in [5.74, 6) is -6.92. The molecule has 0 N–H and O–H groups in total. The van der Waals surface area contributed by atoms with Crippen LogP contribution in [0.5, 0.6) is 5.75 Å². The molecule has 0 spiro atoms. The summed E-state index contributed by atoms with van der Waals surface area (Å²) in [6.07, 6.45) is -5.01. The fraction of sp³-hybridized carbons (Fsp3) is 0.721. The fourth-order valence-electron chi connectivity index (χ4n) is 12.0. The number of hydrogen-bond acceptors (Lipinski definition) is 13. The summed E-state index contributed by atoms with van der Waals surface area (Å²) in [5, 5.41) is 0. The molecule has 2 saturated carbocycles. The monoisotopic (exact) mass is 1150 g/mol. The Hall–Kier alpha value is -4.49. The van der Waals surface area contributed by atoms with Gasteiger partial charge in [-0.15, -0.1) is 0 Å². The summed E-state index contributed by atoms with van der Waals surface area (Å²) in [4.78, 5) is 68.5. The van der Waals surface area contributed by atoms with Crippen molar-refractivity contribution in [3.63, 3.8) is 0 Å².